The van der Waals surface area contributed by atoms with E-state index in [1.165, 1.54) is 48.8 Å². The number of rotatable bonds is 4. The fraction of sp³-hybridized carbons (Fsp3) is 0.606. The van der Waals surface area contributed by atoms with Gasteiger partial charge in [-0.25, -0.2) is 4.79 Å². The smallest absolute Gasteiger partial charge is 0.317 e. The molecule has 6 heteroatoms. The summed E-state index contributed by atoms with van der Waals surface area (Å²) in [6, 6.07) is 15.3. The van der Waals surface area contributed by atoms with Crippen LogP contribution < -0.4 is 10.1 Å². The third-order valence-electron chi connectivity index (χ3n) is 11.2. The van der Waals surface area contributed by atoms with Gasteiger partial charge in [-0.2, -0.15) is 0 Å². The van der Waals surface area contributed by atoms with Gasteiger partial charge in [0.25, 0.3) is 0 Å². The summed E-state index contributed by atoms with van der Waals surface area (Å²) in [5.74, 6) is 4.11. The normalized spacial score (nSPS) is 31.9. The van der Waals surface area contributed by atoms with E-state index in [9.17, 15) is 4.79 Å². The Labute approximate surface area is 238 Å². The van der Waals surface area contributed by atoms with E-state index in [4.69, 9.17) is 16.3 Å². The zero-order valence-electron chi connectivity index (χ0n) is 23.6. The van der Waals surface area contributed by atoms with Crippen LogP contribution in [0, 0.1) is 23.7 Å². The average molecular weight is 548 g/mol. The molecule has 2 amide bonds. The number of carbonyl (C=O) groups is 1. The molecule has 0 radical (unpaired) electrons. The molecule has 4 aliphatic carbocycles. The SMILES string of the molecule is COc1ccc(CN2C(C)(C)c3cccc(Cl)c3C23CCN(C(=O)NC2C4CC5CC(C4)CC2C5)CC3)cc1. The highest BCUT2D eigenvalue weighted by Crippen LogP contribution is 2.57. The molecule has 0 unspecified atom stereocenters. The fourth-order valence-corrected chi connectivity index (χ4v) is 9.93. The Morgan fingerprint density at radius 3 is 2.23 bits per heavy atom. The van der Waals surface area contributed by atoms with Crippen molar-refractivity contribution in [3.8, 4) is 5.75 Å². The number of likely N-dealkylation sites (tertiary alicyclic amines) is 1. The van der Waals surface area contributed by atoms with Gasteiger partial charge < -0.3 is 15.0 Å². The molecule has 1 N–H and O–H groups in total. The molecule has 208 valence electrons. The third kappa shape index (κ3) is 4.10. The van der Waals surface area contributed by atoms with Gasteiger partial charge in [0, 0.05) is 36.2 Å². The second-order valence-corrected chi connectivity index (χ2v) is 14.0. The molecule has 2 aromatic carbocycles. The van der Waals surface area contributed by atoms with Gasteiger partial charge in [0.1, 0.15) is 5.75 Å². The van der Waals surface area contributed by atoms with Crippen molar-refractivity contribution >= 4 is 17.6 Å². The Balaban J connectivity index is 1.12. The first-order valence-electron chi connectivity index (χ1n) is 15.0. The summed E-state index contributed by atoms with van der Waals surface area (Å²) in [6.45, 7) is 6.97. The summed E-state index contributed by atoms with van der Waals surface area (Å²) in [4.78, 5) is 18.4. The molecule has 6 aliphatic rings. The minimum Gasteiger partial charge on any atom is -0.497 e. The maximum Gasteiger partial charge on any atom is 0.317 e. The van der Waals surface area contributed by atoms with Crippen LogP contribution in [0.4, 0.5) is 4.79 Å². The second kappa shape index (κ2) is 9.41. The Morgan fingerprint density at radius 2 is 1.62 bits per heavy atom. The molecule has 2 aromatic rings. The number of amides is 2. The van der Waals surface area contributed by atoms with Crippen molar-refractivity contribution in [3.05, 3.63) is 64.2 Å². The molecule has 1 spiro atoms. The first-order valence-corrected chi connectivity index (χ1v) is 15.4. The van der Waals surface area contributed by atoms with Gasteiger partial charge >= 0.3 is 6.03 Å². The topological polar surface area (TPSA) is 44.8 Å². The van der Waals surface area contributed by atoms with Crippen LogP contribution >= 0.6 is 11.6 Å². The summed E-state index contributed by atoms with van der Waals surface area (Å²) in [5, 5.41) is 4.41. The van der Waals surface area contributed by atoms with Crippen molar-refractivity contribution < 1.29 is 9.53 Å². The number of urea groups is 1. The van der Waals surface area contributed by atoms with Crippen molar-refractivity contribution in [1.29, 1.82) is 0 Å². The Hall–Kier alpha value is -2.24. The lowest BCUT2D eigenvalue weighted by molar-refractivity contribution is -0.0306. The van der Waals surface area contributed by atoms with E-state index in [0.29, 0.717) is 17.9 Å². The van der Waals surface area contributed by atoms with Gasteiger partial charge in [0.15, 0.2) is 0 Å². The Kier molecular flexibility index (Phi) is 6.20. The van der Waals surface area contributed by atoms with Gasteiger partial charge in [-0.15, -0.1) is 0 Å². The minimum atomic E-state index is -0.198. The lowest BCUT2D eigenvalue weighted by Crippen LogP contribution is -2.60. The second-order valence-electron chi connectivity index (χ2n) is 13.6. The largest absolute Gasteiger partial charge is 0.497 e. The lowest BCUT2D eigenvalue weighted by Gasteiger charge is -2.55. The molecule has 4 bridgehead atoms. The number of hydrogen-bond donors (Lipinski definition) is 1. The molecule has 0 atom stereocenters. The maximum atomic E-state index is 13.6. The first-order chi connectivity index (χ1) is 18.8. The molecule has 8 rings (SSSR count). The van der Waals surface area contributed by atoms with Crippen LogP contribution in [0.15, 0.2) is 42.5 Å². The van der Waals surface area contributed by atoms with Crippen LogP contribution in [-0.2, 0) is 17.6 Å². The maximum absolute atomic E-state index is 13.6. The van der Waals surface area contributed by atoms with Crippen LogP contribution in [0.25, 0.3) is 0 Å². The molecule has 39 heavy (non-hydrogen) atoms. The molecule has 2 aliphatic heterocycles. The van der Waals surface area contributed by atoms with E-state index in [2.05, 4.69) is 53.2 Å². The van der Waals surface area contributed by atoms with E-state index < -0.39 is 0 Å². The van der Waals surface area contributed by atoms with Crippen LogP contribution in [0.2, 0.25) is 5.02 Å². The van der Waals surface area contributed by atoms with Crippen molar-refractivity contribution in [3.63, 3.8) is 0 Å². The minimum absolute atomic E-state index is 0.153. The van der Waals surface area contributed by atoms with Crippen LogP contribution in [0.5, 0.6) is 5.75 Å². The molecule has 4 saturated carbocycles. The average Bonchev–Trinajstić information content (AvgIpc) is 3.10. The highest BCUT2D eigenvalue weighted by Gasteiger charge is 2.56. The number of benzene rings is 2. The highest BCUT2D eigenvalue weighted by atomic mass is 35.5. The lowest BCUT2D eigenvalue weighted by atomic mass is 9.54. The predicted octanol–water partition coefficient (Wildman–Crippen LogP) is 6.92. The van der Waals surface area contributed by atoms with Crippen molar-refractivity contribution in [2.75, 3.05) is 20.2 Å². The fourth-order valence-electron chi connectivity index (χ4n) is 9.58. The number of halogens is 1. The van der Waals surface area contributed by atoms with Crippen molar-refractivity contribution in [2.24, 2.45) is 23.7 Å². The number of nitrogens with zero attached hydrogens (tertiary/aromatic N) is 2. The van der Waals surface area contributed by atoms with Crippen molar-refractivity contribution in [2.45, 2.75) is 82.5 Å². The number of carbonyl (C=O) groups excluding carboxylic acids is 1. The predicted molar refractivity (Wildman–Crippen MR) is 155 cm³/mol. The number of fused-ring (bicyclic) bond motifs is 2. The molecule has 5 nitrogen and oxygen atoms in total. The number of methoxy groups -OCH3 is 1. The standard InChI is InChI=1S/C33H42ClN3O2/c1-32(2)27-5-4-6-28(34)29(27)33(37(32)20-21-7-9-26(39-3)10-8-21)11-13-36(14-12-33)31(38)35-30-24-16-22-15-23(18-24)19-25(30)17-22/h4-10,22-25,30H,11-20H2,1-3H3,(H,35,38). The molecule has 2 heterocycles. The monoisotopic (exact) mass is 547 g/mol. The molecular weight excluding hydrogens is 506 g/mol. The van der Waals surface area contributed by atoms with Gasteiger partial charge in [0.2, 0.25) is 0 Å². The van der Waals surface area contributed by atoms with E-state index in [1.54, 1.807) is 7.11 Å². The third-order valence-corrected chi connectivity index (χ3v) is 11.5. The number of piperidine rings is 1. The van der Waals surface area contributed by atoms with Gasteiger partial charge in [-0.3, -0.25) is 4.90 Å². The van der Waals surface area contributed by atoms with E-state index in [1.807, 2.05) is 18.2 Å². The number of ether oxygens (including phenoxy) is 1. The molecule has 5 fully saturated rings. The molecule has 1 saturated heterocycles. The first kappa shape index (κ1) is 25.7. The van der Waals surface area contributed by atoms with Gasteiger partial charge in [-0.1, -0.05) is 35.9 Å². The summed E-state index contributed by atoms with van der Waals surface area (Å²) in [6.07, 6.45) is 8.51. The summed E-state index contributed by atoms with van der Waals surface area (Å²) < 4.78 is 5.40. The van der Waals surface area contributed by atoms with E-state index >= 15 is 0 Å². The van der Waals surface area contributed by atoms with E-state index in [-0.39, 0.29) is 17.1 Å². The van der Waals surface area contributed by atoms with Crippen molar-refractivity contribution in [1.82, 2.24) is 15.1 Å². The van der Waals surface area contributed by atoms with Gasteiger partial charge in [-0.05, 0) is 117 Å². The number of nitrogens with one attached hydrogen (secondary N) is 1. The quantitative estimate of drug-likeness (QED) is 0.451. The summed E-state index contributed by atoms with van der Waals surface area (Å²) >= 11 is 6.99. The van der Waals surface area contributed by atoms with Crippen LogP contribution in [0.3, 0.4) is 0 Å². The Morgan fingerprint density at radius 1 is 0.974 bits per heavy atom. The molecular formula is C33H42ClN3O2. The molecule has 0 aromatic heterocycles. The van der Waals surface area contributed by atoms with Crippen LogP contribution in [0.1, 0.15) is 75.5 Å². The van der Waals surface area contributed by atoms with Gasteiger partial charge in [0.05, 0.1) is 12.6 Å². The highest BCUT2D eigenvalue weighted by molar-refractivity contribution is 6.31. The zero-order valence-corrected chi connectivity index (χ0v) is 24.3. The summed E-state index contributed by atoms with van der Waals surface area (Å²) in [5.41, 5.74) is 3.47. The summed E-state index contributed by atoms with van der Waals surface area (Å²) in [7, 11) is 1.71. The number of hydrogen-bond acceptors (Lipinski definition) is 3. The zero-order chi connectivity index (χ0) is 26.9. The van der Waals surface area contributed by atoms with Crippen LogP contribution in [-0.4, -0.2) is 42.1 Å². The Bertz CT molecular complexity index is 1220. The van der Waals surface area contributed by atoms with E-state index in [0.717, 1.165) is 55.1 Å².